The molecule has 2 rings (SSSR count). The van der Waals surface area contributed by atoms with E-state index in [9.17, 15) is 9.59 Å². The third kappa shape index (κ3) is 4.47. The summed E-state index contributed by atoms with van der Waals surface area (Å²) >= 11 is 0. The summed E-state index contributed by atoms with van der Waals surface area (Å²) in [6, 6.07) is 16.8. The van der Waals surface area contributed by atoms with Gasteiger partial charge in [0.15, 0.2) is 0 Å². The molecule has 0 aliphatic rings. The lowest BCUT2D eigenvalue weighted by molar-refractivity contribution is -0.143. The average molecular weight is 339 g/mol. The molecule has 4 heteroatoms. The van der Waals surface area contributed by atoms with Crippen LogP contribution < -0.4 is 0 Å². The van der Waals surface area contributed by atoms with Crippen LogP contribution in [0.3, 0.4) is 0 Å². The number of nitrogens with zero attached hydrogens (tertiary/aromatic N) is 1. The Kier molecular flexibility index (Phi) is 6.75. The largest absolute Gasteiger partial charge is 0.465 e. The number of benzene rings is 2. The van der Waals surface area contributed by atoms with Gasteiger partial charge in [-0.3, -0.25) is 9.59 Å². The molecule has 1 unspecified atom stereocenters. The smallest absolute Gasteiger partial charge is 0.317 e. The van der Waals surface area contributed by atoms with Gasteiger partial charge in [-0.1, -0.05) is 42.5 Å². The van der Waals surface area contributed by atoms with E-state index in [1.165, 1.54) is 0 Å². The van der Waals surface area contributed by atoms with Crippen LogP contribution in [0.5, 0.6) is 0 Å². The number of esters is 1. The van der Waals surface area contributed by atoms with Gasteiger partial charge in [0.1, 0.15) is 5.92 Å². The van der Waals surface area contributed by atoms with Crippen molar-refractivity contribution in [2.75, 3.05) is 19.7 Å². The van der Waals surface area contributed by atoms with E-state index in [1.54, 1.807) is 24.0 Å². The molecule has 0 saturated heterocycles. The summed E-state index contributed by atoms with van der Waals surface area (Å²) in [5.74, 6) is -0.765. The highest BCUT2D eigenvalue weighted by Gasteiger charge is 2.24. The molecular formula is C21H25NO3. The van der Waals surface area contributed by atoms with Crippen molar-refractivity contribution in [3.63, 3.8) is 0 Å². The van der Waals surface area contributed by atoms with E-state index in [2.05, 4.69) is 0 Å². The summed E-state index contributed by atoms with van der Waals surface area (Å²) in [5, 5.41) is 0. The Bertz CT molecular complexity index is 691. The fraction of sp³-hybridized carbons (Fsp3) is 0.333. The van der Waals surface area contributed by atoms with E-state index in [4.69, 9.17) is 4.74 Å². The zero-order valence-electron chi connectivity index (χ0n) is 15.1. The summed E-state index contributed by atoms with van der Waals surface area (Å²) in [6.07, 6.45) is 0. The lowest BCUT2D eigenvalue weighted by Crippen LogP contribution is -2.30. The first-order valence-corrected chi connectivity index (χ1v) is 8.73. The summed E-state index contributed by atoms with van der Waals surface area (Å²) < 4.78 is 5.25. The molecule has 4 nitrogen and oxygen atoms in total. The van der Waals surface area contributed by atoms with E-state index in [1.807, 2.05) is 56.3 Å². The van der Waals surface area contributed by atoms with Crippen LogP contribution in [0.1, 0.15) is 48.2 Å². The third-order valence-corrected chi connectivity index (χ3v) is 4.20. The normalized spacial score (nSPS) is 11.6. The van der Waals surface area contributed by atoms with E-state index < -0.39 is 5.92 Å². The molecule has 0 aliphatic carbocycles. The highest BCUT2D eigenvalue weighted by atomic mass is 16.5. The van der Waals surface area contributed by atoms with Crippen LogP contribution in [0, 0.1) is 0 Å². The van der Waals surface area contributed by atoms with Crippen LogP contribution in [0.25, 0.3) is 0 Å². The van der Waals surface area contributed by atoms with E-state index >= 15 is 0 Å². The predicted molar refractivity (Wildman–Crippen MR) is 98.6 cm³/mol. The quantitative estimate of drug-likeness (QED) is 0.720. The lowest BCUT2D eigenvalue weighted by Gasteiger charge is -2.20. The zero-order chi connectivity index (χ0) is 18.2. The monoisotopic (exact) mass is 339 g/mol. The number of amides is 1. The van der Waals surface area contributed by atoms with Crippen LogP contribution in [0.2, 0.25) is 0 Å². The van der Waals surface area contributed by atoms with E-state index in [0.717, 1.165) is 11.1 Å². The van der Waals surface area contributed by atoms with Gasteiger partial charge >= 0.3 is 5.97 Å². The van der Waals surface area contributed by atoms with Crippen LogP contribution in [0.4, 0.5) is 0 Å². The van der Waals surface area contributed by atoms with Gasteiger partial charge in [-0.25, -0.2) is 0 Å². The number of rotatable bonds is 7. The first-order chi connectivity index (χ1) is 12.1. The second-order valence-corrected chi connectivity index (χ2v) is 5.70. The predicted octanol–water partition coefficient (Wildman–Crippen LogP) is 3.86. The molecule has 2 aromatic rings. The van der Waals surface area contributed by atoms with Crippen molar-refractivity contribution in [2.45, 2.75) is 26.7 Å². The molecule has 1 amide bonds. The maximum Gasteiger partial charge on any atom is 0.317 e. The van der Waals surface area contributed by atoms with Gasteiger partial charge in [0.2, 0.25) is 0 Å². The molecule has 0 saturated carbocycles. The molecule has 0 N–H and O–H groups in total. The molecule has 0 aromatic heterocycles. The van der Waals surface area contributed by atoms with Crippen LogP contribution in [-0.4, -0.2) is 36.5 Å². The second kappa shape index (κ2) is 9.02. The SMILES string of the molecule is CCOC(=O)C(c1ccccc1)c1ccc(C(=O)N(CC)CC)cc1. The molecule has 0 radical (unpaired) electrons. The maximum absolute atomic E-state index is 12.5. The van der Waals surface area contributed by atoms with Gasteiger partial charge in [0, 0.05) is 18.7 Å². The minimum absolute atomic E-state index is 0.00365. The Hall–Kier alpha value is -2.62. The Balaban J connectivity index is 2.33. The average Bonchev–Trinajstić information content (AvgIpc) is 2.64. The van der Waals surface area contributed by atoms with Crippen molar-refractivity contribution in [3.05, 3.63) is 71.3 Å². The number of ether oxygens (including phenoxy) is 1. The zero-order valence-corrected chi connectivity index (χ0v) is 15.1. The van der Waals surface area contributed by atoms with Crippen LogP contribution >= 0.6 is 0 Å². The van der Waals surface area contributed by atoms with Gasteiger partial charge in [-0.05, 0) is 44.0 Å². The van der Waals surface area contributed by atoms with Crippen molar-refractivity contribution in [1.29, 1.82) is 0 Å². The first-order valence-electron chi connectivity index (χ1n) is 8.73. The molecule has 0 fully saturated rings. The fourth-order valence-corrected chi connectivity index (χ4v) is 2.85. The molecular weight excluding hydrogens is 314 g/mol. The maximum atomic E-state index is 12.5. The molecule has 0 spiro atoms. The number of carbonyl (C=O) groups excluding carboxylic acids is 2. The van der Waals surface area contributed by atoms with Crippen molar-refractivity contribution in [1.82, 2.24) is 4.90 Å². The van der Waals surface area contributed by atoms with Gasteiger partial charge in [-0.15, -0.1) is 0 Å². The Morgan fingerprint density at radius 2 is 1.44 bits per heavy atom. The third-order valence-electron chi connectivity index (χ3n) is 4.20. The van der Waals surface area contributed by atoms with Crippen molar-refractivity contribution in [3.8, 4) is 0 Å². The molecule has 25 heavy (non-hydrogen) atoms. The van der Waals surface area contributed by atoms with Gasteiger partial charge in [0.25, 0.3) is 5.91 Å². The van der Waals surface area contributed by atoms with Gasteiger partial charge < -0.3 is 9.64 Å². The summed E-state index contributed by atoms with van der Waals surface area (Å²) in [7, 11) is 0. The lowest BCUT2D eigenvalue weighted by atomic mass is 9.90. The van der Waals surface area contributed by atoms with Crippen molar-refractivity contribution in [2.24, 2.45) is 0 Å². The Morgan fingerprint density at radius 3 is 1.96 bits per heavy atom. The number of carbonyl (C=O) groups is 2. The second-order valence-electron chi connectivity index (χ2n) is 5.70. The number of hydrogen-bond donors (Lipinski definition) is 0. The van der Waals surface area contributed by atoms with Gasteiger partial charge in [0.05, 0.1) is 6.61 Å². The fourth-order valence-electron chi connectivity index (χ4n) is 2.85. The molecule has 0 aliphatic heterocycles. The summed E-state index contributed by atoms with van der Waals surface area (Å²) in [5.41, 5.74) is 2.33. The Labute approximate surface area is 149 Å². The summed E-state index contributed by atoms with van der Waals surface area (Å²) in [4.78, 5) is 26.7. The van der Waals surface area contributed by atoms with Crippen LogP contribution in [0.15, 0.2) is 54.6 Å². The summed E-state index contributed by atoms with van der Waals surface area (Å²) in [6.45, 7) is 7.40. The van der Waals surface area contributed by atoms with E-state index in [0.29, 0.717) is 25.3 Å². The highest BCUT2D eigenvalue weighted by Crippen LogP contribution is 2.26. The first kappa shape index (κ1) is 18.7. The molecule has 1 atom stereocenters. The Morgan fingerprint density at radius 1 is 0.880 bits per heavy atom. The van der Waals surface area contributed by atoms with Crippen LogP contribution in [-0.2, 0) is 9.53 Å². The molecule has 2 aromatic carbocycles. The molecule has 132 valence electrons. The molecule has 0 heterocycles. The standard InChI is InChI=1S/C21H25NO3/c1-4-22(5-2)20(23)18-14-12-17(13-15-18)19(21(24)25-6-3)16-10-8-7-9-11-16/h7-15,19H,4-6H2,1-3H3. The minimum atomic E-state index is -0.487. The van der Waals surface area contributed by atoms with E-state index in [-0.39, 0.29) is 11.9 Å². The number of hydrogen-bond acceptors (Lipinski definition) is 3. The van der Waals surface area contributed by atoms with Gasteiger partial charge in [-0.2, -0.15) is 0 Å². The minimum Gasteiger partial charge on any atom is -0.465 e. The highest BCUT2D eigenvalue weighted by molar-refractivity contribution is 5.94. The molecule has 0 bridgehead atoms. The van der Waals surface area contributed by atoms with Crippen molar-refractivity contribution < 1.29 is 14.3 Å². The van der Waals surface area contributed by atoms with Crippen molar-refractivity contribution >= 4 is 11.9 Å². The topological polar surface area (TPSA) is 46.6 Å².